The van der Waals surface area contributed by atoms with E-state index in [1.54, 1.807) is 6.08 Å². The molecule has 1 aromatic heterocycles. The first-order chi connectivity index (χ1) is 6.55. The largest absolute Gasteiger partial charge is 0.353 e. The molecule has 0 amide bonds. The second-order valence-electron chi connectivity index (χ2n) is 3.04. The first-order valence-corrected chi connectivity index (χ1v) is 6.56. The number of rotatable bonds is 2. The molecule has 0 saturated carbocycles. The molecule has 0 spiro atoms. The average molecular weight is 231 g/mol. The Morgan fingerprint density at radius 2 is 2.36 bits per heavy atom. The summed E-state index contributed by atoms with van der Waals surface area (Å²) in [5.74, 6) is 0.103. The minimum absolute atomic E-state index is 0.103. The lowest BCUT2D eigenvalue weighted by molar-refractivity contribution is 0.605. The molecule has 7 heteroatoms. The lowest BCUT2D eigenvalue weighted by Gasteiger charge is -2.06. The second kappa shape index (κ2) is 3.32. The first kappa shape index (κ1) is 9.60. The summed E-state index contributed by atoms with van der Waals surface area (Å²) in [6.07, 6.45) is 1.63. The predicted octanol–water partition coefficient (Wildman–Crippen LogP) is 0.569. The summed E-state index contributed by atoms with van der Waals surface area (Å²) < 4.78 is 22.2. The van der Waals surface area contributed by atoms with Gasteiger partial charge in [-0.1, -0.05) is 11.3 Å². The normalized spacial score (nSPS) is 23.9. The van der Waals surface area contributed by atoms with Crippen molar-refractivity contribution in [2.45, 2.75) is 13.0 Å². The molecule has 2 rings (SSSR count). The van der Waals surface area contributed by atoms with Gasteiger partial charge in [-0.15, -0.1) is 10.2 Å². The van der Waals surface area contributed by atoms with Crippen molar-refractivity contribution in [1.82, 2.24) is 10.2 Å². The van der Waals surface area contributed by atoms with E-state index in [1.807, 2.05) is 6.92 Å². The number of nitrogens with one attached hydrogen (secondary N) is 1. The molecule has 0 radical (unpaired) electrons. The van der Waals surface area contributed by atoms with Crippen LogP contribution in [0.25, 0.3) is 0 Å². The minimum Gasteiger partial charge on any atom is -0.353 e. The Hall–Kier alpha value is -0.950. The van der Waals surface area contributed by atoms with Gasteiger partial charge in [0.2, 0.25) is 5.13 Å². The van der Waals surface area contributed by atoms with Crippen LogP contribution in [0.5, 0.6) is 0 Å². The Kier molecular flexibility index (Phi) is 2.28. The number of sulfone groups is 1. The Balaban J connectivity index is 2.05. The van der Waals surface area contributed by atoms with Crippen molar-refractivity contribution < 1.29 is 8.42 Å². The molecule has 0 fully saturated rings. The third kappa shape index (κ3) is 2.10. The minimum atomic E-state index is -3.00. The van der Waals surface area contributed by atoms with E-state index in [2.05, 4.69) is 15.5 Å². The summed E-state index contributed by atoms with van der Waals surface area (Å²) in [5, 5.41) is 13.4. The summed E-state index contributed by atoms with van der Waals surface area (Å²) in [6.45, 7) is 1.85. The fourth-order valence-electron chi connectivity index (χ4n) is 1.18. The van der Waals surface area contributed by atoms with Crippen LogP contribution in [0.1, 0.15) is 5.01 Å². The van der Waals surface area contributed by atoms with Gasteiger partial charge < -0.3 is 5.32 Å². The highest BCUT2D eigenvalue weighted by atomic mass is 32.2. The van der Waals surface area contributed by atoms with E-state index >= 15 is 0 Å². The van der Waals surface area contributed by atoms with E-state index in [-0.39, 0.29) is 11.8 Å². The number of aryl methyl sites for hydroxylation is 1. The Bertz CT molecular complexity index is 463. The molecule has 0 aliphatic carbocycles. The standard InChI is InChI=1S/C7H9N3O2S2/c1-5-9-10-7(13-5)8-6-2-3-14(11,12)4-6/h2-3,6H,4H2,1H3,(H,8,10). The van der Waals surface area contributed by atoms with Crippen molar-refractivity contribution in [2.24, 2.45) is 0 Å². The fraction of sp³-hybridized carbons (Fsp3) is 0.429. The van der Waals surface area contributed by atoms with Gasteiger partial charge in [-0.2, -0.15) is 0 Å². The van der Waals surface area contributed by atoms with Crippen LogP contribution in [0.15, 0.2) is 11.5 Å². The maximum absolute atomic E-state index is 11.1. The monoisotopic (exact) mass is 231 g/mol. The van der Waals surface area contributed by atoms with Crippen LogP contribution >= 0.6 is 11.3 Å². The van der Waals surface area contributed by atoms with Crippen LogP contribution in [0.2, 0.25) is 0 Å². The van der Waals surface area contributed by atoms with E-state index in [4.69, 9.17) is 0 Å². The third-order valence-electron chi connectivity index (χ3n) is 1.76. The van der Waals surface area contributed by atoms with E-state index in [1.165, 1.54) is 16.7 Å². The van der Waals surface area contributed by atoms with Crippen LogP contribution in [0.4, 0.5) is 5.13 Å². The third-order valence-corrected chi connectivity index (χ3v) is 3.93. The van der Waals surface area contributed by atoms with Crippen LogP contribution in [-0.4, -0.2) is 30.4 Å². The van der Waals surface area contributed by atoms with Crippen molar-refractivity contribution in [2.75, 3.05) is 11.1 Å². The molecule has 1 atom stereocenters. The zero-order valence-electron chi connectivity index (χ0n) is 7.47. The van der Waals surface area contributed by atoms with Crippen LogP contribution < -0.4 is 5.32 Å². The van der Waals surface area contributed by atoms with Crippen LogP contribution in [0, 0.1) is 6.92 Å². The van der Waals surface area contributed by atoms with Crippen LogP contribution in [0.3, 0.4) is 0 Å². The van der Waals surface area contributed by atoms with Crippen molar-refractivity contribution >= 4 is 26.3 Å². The van der Waals surface area contributed by atoms with Gasteiger partial charge in [0, 0.05) is 5.41 Å². The fourth-order valence-corrected chi connectivity index (χ4v) is 3.07. The molecule has 14 heavy (non-hydrogen) atoms. The summed E-state index contributed by atoms with van der Waals surface area (Å²) >= 11 is 1.41. The lowest BCUT2D eigenvalue weighted by Crippen LogP contribution is -2.20. The smallest absolute Gasteiger partial charge is 0.206 e. The van der Waals surface area contributed by atoms with Gasteiger partial charge in [-0.05, 0) is 13.0 Å². The zero-order valence-corrected chi connectivity index (χ0v) is 9.10. The molecule has 76 valence electrons. The van der Waals surface area contributed by atoms with Gasteiger partial charge in [-0.25, -0.2) is 8.42 Å². The topological polar surface area (TPSA) is 72.0 Å². The van der Waals surface area contributed by atoms with Crippen molar-refractivity contribution in [3.63, 3.8) is 0 Å². The number of hydrogen-bond donors (Lipinski definition) is 1. The molecular formula is C7H9N3O2S2. The molecule has 1 aliphatic heterocycles. The quantitative estimate of drug-likeness (QED) is 0.805. The molecule has 5 nitrogen and oxygen atoms in total. The molecule has 0 bridgehead atoms. The summed E-state index contributed by atoms with van der Waals surface area (Å²) in [5.41, 5.74) is 0. The Labute approximate surface area is 85.8 Å². The molecule has 0 aromatic carbocycles. The molecule has 1 aliphatic rings. The van der Waals surface area contributed by atoms with E-state index in [0.717, 1.165) is 5.01 Å². The zero-order chi connectivity index (χ0) is 10.2. The maximum Gasteiger partial charge on any atom is 0.206 e. The van der Waals surface area contributed by atoms with Crippen molar-refractivity contribution in [1.29, 1.82) is 0 Å². The number of aromatic nitrogens is 2. The van der Waals surface area contributed by atoms with Crippen molar-refractivity contribution in [3.05, 3.63) is 16.5 Å². The van der Waals surface area contributed by atoms with E-state index < -0.39 is 9.84 Å². The Morgan fingerprint density at radius 3 is 2.86 bits per heavy atom. The number of anilines is 1. The average Bonchev–Trinajstić information content (AvgIpc) is 2.59. The molecule has 1 aromatic rings. The van der Waals surface area contributed by atoms with Crippen LogP contribution in [-0.2, 0) is 9.84 Å². The van der Waals surface area contributed by atoms with E-state index in [0.29, 0.717) is 5.13 Å². The number of hydrogen-bond acceptors (Lipinski definition) is 6. The predicted molar refractivity (Wildman–Crippen MR) is 55.0 cm³/mol. The second-order valence-corrected chi connectivity index (χ2v) is 6.15. The molecule has 2 heterocycles. The highest BCUT2D eigenvalue weighted by Crippen LogP contribution is 2.18. The summed E-state index contributed by atoms with van der Waals surface area (Å²) in [7, 11) is -3.00. The maximum atomic E-state index is 11.1. The first-order valence-electron chi connectivity index (χ1n) is 4.03. The molecular weight excluding hydrogens is 222 g/mol. The highest BCUT2D eigenvalue weighted by Gasteiger charge is 2.22. The Morgan fingerprint density at radius 1 is 1.57 bits per heavy atom. The van der Waals surface area contributed by atoms with Crippen molar-refractivity contribution in [3.8, 4) is 0 Å². The van der Waals surface area contributed by atoms with Gasteiger partial charge >= 0.3 is 0 Å². The lowest BCUT2D eigenvalue weighted by atomic mass is 10.3. The van der Waals surface area contributed by atoms with Gasteiger partial charge in [0.25, 0.3) is 0 Å². The summed E-state index contributed by atoms with van der Waals surface area (Å²) in [4.78, 5) is 0. The molecule has 1 N–H and O–H groups in total. The summed E-state index contributed by atoms with van der Waals surface area (Å²) in [6, 6.07) is -0.174. The van der Waals surface area contributed by atoms with Gasteiger partial charge in [0.1, 0.15) is 5.01 Å². The highest BCUT2D eigenvalue weighted by molar-refractivity contribution is 7.94. The van der Waals surface area contributed by atoms with E-state index in [9.17, 15) is 8.42 Å². The molecule has 0 saturated heterocycles. The molecule has 1 unspecified atom stereocenters. The number of nitrogens with zero attached hydrogens (tertiary/aromatic N) is 2. The van der Waals surface area contributed by atoms with Gasteiger partial charge in [-0.3, -0.25) is 0 Å². The SMILES string of the molecule is Cc1nnc(NC2C=CS(=O)(=O)C2)s1. The van der Waals surface area contributed by atoms with Gasteiger partial charge in [0.05, 0.1) is 11.8 Å². The van der Waals surface area contributed by atoms with Gasteiger partial charge in [0.15, 0.2) is 9.84 Å².